The summed E-state index contributed by atoms with van der Waals surface area (Å²) in [6.07, 6.45) is 22.6. The van der Waals surface area contributed by atoms with Crippen molar-refractivity contribution in [3.63, 3.8) is 0 Å². The fraction of sp³-hybridized carbons (Fsp3) is 1.00. The molecule has 0 aromatic rings. The Morgan fingerprint density at radius 1 is 0.784 bits per heavy atom. The van der Waals surface area contributed by atoms with Gasteiger partial charge in [-0.05, 0) is 20.0 Å². The van der Waals surface area contributed by atoms with Gasteiger partial charge in [0.05, 0.1) is 33.9 Å². The lowest BCUT2D eigenvalue weighted by Gasteiger charge is -2.23. The smallest absolute Gasteiger partial charge is 0.394 e. The summed E-state index contributed by atoms with van der Waals surface area (Å²) < 4.78 is 20.3. The third kappa shape index (κ3) is 36.0. The van der Waals surface area contributed by atoms with E-state index in [1.807, 2.05) is 21.1 Å². The van der Waals surface area contributed by atoms with Crippen LogP contribution in [-0.4, -0.2) is 98.5 Å². The average molecular weight is 556 g/mol. The molecule has 0 spiro atoms. The van der Waals surface area contributed by atoms with Crippen LogP contribution in [0.15, 0.2) is 0 Å². The molecule has 0 aliphatic carbocycles. The molecule has 1 atom stereocenters. The number of quaternary nitrogens is 1. The number of nitrogens with zero attached hydrogens (tertiary/aromatic N) is 2. The number of rotatable bonds is 25. The minimum absolute atomic E-state index is 0.0407. The Hall–Kier alpha value is -0.0500. The number of methoxy groups -OCH3 is 1. The topological polar surface area (TPSA) is 99.5 Å². The van der Waals surface area contributed by atoms with Crippen molar-refractivity contribution >= 4 is 7.82 Å². The Morgan fingerprint density at radius 3 is 1.51 bits per heavy atom. The van der Waals surface area contributed by atoms with Crippen molar-refractivity contribution in [2.75, 3.05) is 68.1 Å². The summed E-state index contributed by atoms with van der Waals surface area (Å²) in [6, 6.07) is 0. The van der Waals surface area contributed by atoms with Gasteiger partial charge in [0.15, 0.2) is 0 Å². The van der Waals surface area contributed by atoms with E-state index in [0.29, 0.717) is 11.0 Å². The van der Waals surface area contributed by atoms with E-state index in [2.05, 4.69) is 23.4 Å². The predicted molar refractivity (Wildman–Crippen MR) is 156 cm³/mol. The number of unbranched alkanes of at least 4 members (excludes halogenated alkanes) is 15. The van der Waals surface area contributed by atoms with E-state index in [-0.39, 0.29) is 19.3 Å². The Labute approximate surface area is 229 Å². The molecule has 0 saturated heterocycles. The molecule has 9 heteroatoms. The van der Waals surface area contributed by atoms with E-state index in [4.69, 9.17) is 19.6 Å². The summed E-state index contributed by atoms with van der Waals surface area (Å²) >= 11 is 0. The monoisotopic (exact) mass is 555 g/mol. The summed E-state index contributed by atoms with van der Waals surface area (Å²) in [6.45, 7) is 4.99. The normalized spacial score (nSPS) is 13.0. The Balaban J connectivity index is 0. The molecule has 0 aliphatic heterocycles. The van der Waals surface area contributed by atoms with Gasteiger partial charge in [0.2, 0.25) is 0 Å². The zero-order valence-corrected chi connectivity index (χ0v) is 26.2. The van der Waals surface area contributed by atoms with Gasteiger partial charge in [0.1, 0.15) is 13.2 Å². The van der Waals surface area contributed by atoms with Crippen molar-refractivity contribution < 1.29 is 33.2 Å². The maximum atomic E-state index is 10.2. The van der Waals surface area contributed by atoms with Crippen molar-refractivity contribution in [2.45, 2.75) is 116 Å². The van der Waals surface area contributed by atoms with Crippen LogP contribution < -0.4 is 0 Å². The van der Waals surface area contributed by atoms with Gasteiger partial charge in [-0.25, -0.2) is 4.57 Å². The maximum Gasteiger partial charge on any atom is 0.469 e. The first kappa shape index (κ1) is 39.1. The minimum Gasteiger partial charge on any atom is -0.394 e. The molecular weight excluding hydrogens is 491 g/mol. The quantitative estimate of drug-likeness (QED) is 0.0723. The molecule has 0 heterocycles. The van der Waals surface area contributed by atoms with Crippen molar-refractivity contribution in [2.24, 2.45) is 0 Å². The molecule has 226 valence electrons. The molecule has 3 N–H and O–H groups in total. The standard InChI is InChI=1S/C23H49NO2.C5H14NO4P/c1-4-5-6-7-8-9-10-11-12-13-14-15-16-17-18-19-20-24(2)21-23(22-25)26-3;1-6(2,3)4-5-10-11(7,8)9/h23,25H,4-22H2,1-3H3;4-5H2,1-3H3,(H-,7,8,9)/p+1. The third-order valence-electron chi connectivity index (χ3n) is 6.47. The summed E-state index contributed by atoms with van der Waals surface area (Å²) in [5, 5.41) is 9.14. The number of phosphoric acid groups is 1. The van der Waals surface area contributed by atoms with Gasteiger partial charge in [-0.3, -0.25) is 4.52 Å². The fourth-order valence-corrected chi connectivity index (χ4v) is 4.33. The van der Waals surface area contributed by atoms with Crippen LogP contribution >= 0.6 is 7.82 Å². The molecule has 0 aromatic carbocycles. The molecule has 1 unspecified atom stereocenters. The second-order valence-electron chi connectivity index (χ2n) is 11.4. The van der Waals surface area contributed by atoms with Crippen LogP contribution in [-0.2, 0) is 13.8 Å². The number of likely N-dealkylation sites (N-methyl/N-ethyl adjacent to an activating group) is 2. The molecular formula is C28H64N2O6P+. The molecule has 0 fully saturated rings. The minimum atomic E-state index is -4.26. The molecule has 0 amide bonds. The van der Waals surface area contributed by atoms with E-state index in [1.54, 1.807) is 7.11 Å². The van der Waals surface area contributed by atoms with Crippen LogP contribution in [0.3, 0.4) is 0 Å². The Morgan fingerprint density at radius 2 is 1.19 bits per heavy atom. The third-order valence-corrected chi connectivity index (χ3v) is 6.99. The van der Waals surface area contributed by atoms with Crippen LogP contribution in [0.25, 0.3) is 0 Å². The largest absolute Gasteiger partial charge is 0.469 e. The van der Waals surface area contributed by atoms with E-state index in [1.165, 1.54) is 103 Å². The number of hydrogen-bond acceptors (Lipinski definition) is 5. The first-order valence-electron chi connectivity index (χ1n) is 14.8. The molecule has 8 nitrogen and oxygen atoms in total. The summed E-state index contributed by atoms with van der Waals surface area (Å²) in [5.74, 6) is 0. The molecule has 37 heavy (non-hydrogen) atoms. The zero-order valence-electron chi connectivity index (χ0n) is 25.3. The van der Waals surface area contributed by atoms with Crippen LogP contribution in [0.1, 0.15) is 110 Å². The molecule has 0 bridgehead atoms. The zero-order chi connectivity index (χ0) is 28.4. The lowest BCUT2D eigenvalue weighted by molar-refractivity contribution is -0.870. The number of aliphatic hydroxyl groups excluding tert-OH is 1. The Bertz CT molecular complexity index is 509. The lowest BCUT2D eigenvalue weighted by atomic mass is 10.0. The van der Waals surface area contributed by atoms with E-state index >= 15 is 0 Å². The van der Waals surface area contributed by atoms with Crippen molar-refractivity contribution in [1.82, 2.24) is 4.90 Å². The first-order chi connectivity index (χ1) is 17.4. The highest BCUT2D eigenvalue weighted by Gasteiger charge is 2.16. The van der Waals surface area contributed by atoms with Crippen LogP contribution in [0.5, 0.6) is 0 Å². The van der Waals surface area contributed by atoms with Crippen LogP contribution in [0, 0.1) is 0 Å². The maximum absolute atomic E-state index is 10.2. The summed E-state index contributed by atoms with van der Waals surface area (Å²) in [5.41, 5.74) is 0. The second kappa shape index (κ2) is 26.2. The highest BCUT2D eigenvalue weighted by atomic mass is 31.2. The second-order valence-corrected chi connectivity index (χ2v) is 12.7. The number of phosphoric ester groups is 1. The van der Waals surface area contributed by atoms with Gasteiger partial charge in [-0.1, -0.05) is 103 Å². The fourth-order valence-electron chi connectivity index (χ4n) is 4.01. The van der Waals surface area contributed by atoms with Crippen LogP contribution in [0.4, 0.5) is 0 Å². The Kier molecular flexibility index (Phi) is 27.7. The van der Waals surface area contributed by atoms with Crippen molar-refractivity contribution in [3.8, 4) is 0 Å². The van der Waals surface area contributed by atoms with Gasteiger partial charge >= 0.3 is 7.82 Å². The molecule has 0 radical (unpaired) electrons. The van der Waals surface area contributed by atoms with E-state index in [0.717, 1.165) is 13.1 Å². The van der Waals surface area contributed by atoms with E-state index < -0.39 is 7.82 Å². The highest BCUT2D eigenvalue weighted by molar-refractivity contribution is 7.46. The van der Waals surface area contributed by atoms with Gasteiger partial charge in [0, 0.05) is 13.7 Å². The van der Waals surface area contributed by atoms with Gasteiger partial charge in [-0.2, -0.15) is 0 Å². The number of ether oxygens (including phenoxy) is 1. The predicted octanol–water partition coefficient (Wildman–Crippen LogP) is 5.99. The summed E-state index contributed by atoms with van der Waals surface area (Å²) in [7, 11) is 5.29. The molecule has 0 saturated carbocycles. The van der Waals surface area contributed by atoms with Gasteiger partial charge in [0.25, 0.3) is 0 Å². The van der Waals surface area contributed by atoms with Crippen LogP contribution in [0.2, 0.25) is 0 Å². The summed E-state index contributed by atoms with van der Waals surface area (Å²) in [4.78, 5) is 18.9. The van der Waals surface area contributed by atoms with Crippen molar-refractivity contribution in [1.29, 1.82) is 0 Å². The average Bonchev–Trinajstić information content (AvgIpc) is 2.81. The highest BCUT2D eigenvalue weighted by Crippen LogP contribution is 2.35. The number of aliphatic hydroxyl groups is 1. The molecule has 0 aliphatic rings. The SMILES string of the molecule is CCCCCCCCCCCCCCCCCCN(C)CC(CO)OC.C[N+](C)(C)CCOP(=O)(O)O. The lowest BCUT2D eigenvalue weighted by Crippen LogP contribution is -2.37. The van der Waals surface area contributed by atoms with Gasteiger partial charge in [-0.15, -0.1) is 0 Å². The van der Waals surface area contributed by atoms with Crippen molar-refractivity contribution in [3.05, 3.63) is 0 Å². The molecule has 0 rings (SSSR count). The first-order valence-corrected chi connectivity index (χ1v) is 16.3. The molecule has 0 aromatic heterocycles. The number of hydrogen-bond donors (Lipinski definition) is 3. The van der Waals surface area contributed by atoms with Gasteiger partial charge < -0.3 is 29.0 Å². The van der Waals surface area contributed by atoms with E-state index in [9.17, 15) is 4.57 Å².